The van der Waals surface area contributed by atoms with Gasteiger partial charge in [0, 0.05) is 160 Å². The molecule has 0 aliphatic carbocycles. The van der Waals surface area contributed by atoms with Crippen molar-refractivity contribution in [3.8, 4) is 46.0 Å². The standard InChI is InChI=1S/C24H20O6.C17H16O4.C10H12O2.2C8H8O3.2C4H11N5.4Y/c1-15(2)22(26)17-10-4-7-13-20(17)29-24(28)18-11-5-8-14-21(18)30-23(27)16-9-3-6-12-19(16)25;1-11(2)16(19)13-8-4-6-10-15(13)21-17(20)12-7-3-5-9-14(12)18;1-7(2)10(12)8-5-3-4-6-9(8)11;2*1-11-7-5-3-2-4-6(7)8(9)10;2*1-9(2)4(7)8-3(5)6;;;;/h3-15,25H,1-2H3;3-11,18H,1-2H3;3-7,11H,1-2H3;2*2-5H,1H3,(H,9,10);2*1-2H3,(H5,5,6,7,8);;;;/p+1. The molecule has 0 bridgehead atoms. The summed E-state index contributed by atoms with van der Waals surface area (Å²) >= 11 is 0. The molecule has 0 aliphatic heterocycles. The van der Waals surface area contributed by atoms with Crippen molar-refractivity contribution in [2.24, 2.45) is 57.1 Å². The number of nitrogens with one attached hydrogen (secondary N) is 1. The first kappa shape index (κ1) is 102. The molecule has 0 saturated carbocycles. The number of benzene rings is 8. The average Bonchev–Trinajstić information content (AvgIpc) is 0.757. The second-order valence-electron chi connectivity index (χ2n) is 22.4. The van der Waals surface area contributed by atoms with E-state index in [0.717, 1.165) is 0 Å². The topological polar surface area (TPSA) is 478 Å². The van der Waals surface area contributed by atoms with E-state index in [0.29, 0.717) is 40.1 Å². The van der Waals surface area contributed by atoms with Gasteiger partial charge in [-0.1, -0.05) is 139 Å². The minimum Gasteiger partial charge on any atom is -0.545 e. The van der Waals surface area contributed by atoms with E-state index < -0.39 is 29.8 Å². The van der Waals surface area contributed by atoms with Crippen molar-refractivity contribution >= 4 is 71.0 Å². The molecule has 8 aromatic carbocycles. The van der Waals surface area contributed by atoms with E-state index in [2.05, 4.69) is 9.98 Å². The number of aromatic hydroxyl groups is 3. The number of ketones is 3. The Balaban J connectivity index is -0.00000124. The molecule has 0 aromatic heterocycles. The molecule has 8 rings (SSSR count). The Labute approximate surface area is 721 Å². The van der Waals surface area contributed by atoms with Gasteiger partial charge < -0.3 is 81.7 Å². The summed E-state index contributed by atoms with van der Waals surface area (Å²) in [6.45, 7) is 10.7. The zero-order valence-corrected chi connectivity index (χ0v) is 72.6. The average molecular weight is 1770 g/mol. The van der Waals surface area contributed by atoms with E-state index >= 15 is 0 Å². The molecule has 16 N–H and O–H groups in total. The summed E-state index contributed by atoms with van der Waals surface area (Å²) in [7, 11) is 9.91. The number of phenols is 3. The van der Waals surface area contributed by atoms with Crippen molar-refractivity contribution < 1.29 is 233 Å². The fourth-order valence-electron chi connectivity index (χ4n) is 7.73. The Morgan fingerprint density at radius 3 is 0.841 bits per heavy atom. The maximum Gasteiger partial charge on any atom is 0.518 e. The Bertz CT molecular complexity index is 4270. The molecule has 107 heavy (non-hydrogen) atoms. The smallest absolute Gasteiger partial charge is 0.518 e. The molecule has 8 aromatic rings. The predicted octanol–water partition coefficient (Wildman–Crippen LogP) is 4.23. The number of aromatic carboxylic acids is 2. The third-order valence-corrected chi connectivity index (χ3v) is 13.1. The summed E-state index contributed by atoms with van der Waals surface area (Å²) in [6, 6.07) is 50.4. The first-order chi connectivity index (χ1) is 48.6. The zero-order chi connectivity index (χ0) is 77.6. The van der Waals surface area contributed by atoms with Crippen LogP contribution in [0.25, 0.3) is 0 Å². The van der Waals surface area contributed by atoms with Crippen molar-refractivity contribution in [1.82, 2.24) is 0 Å². The SMILES string of the molecule is CC(C)C(=O)c1ccccc1O.CC(C)C(=O)c1ccccc1OC(=O)c1ccccc1O.CC(C)C(=O)c1ccccc1OC(=O)c1ccccc1OC(=O)c1ccccc1O.COc1ccccc1C(=O)[O-].COc1ccccc1C(=O)[O-].C[N+](C)=C(N)N=C(N)N.C[N+](C)=C(N)[NH+]=C(N)N.[Y].[Y].[Y].[Y]. The Morgan fingerprint density at radius 1 is 0.364 bits per heavy atom. The number of carbonyl (C=O) groups is 8. The largest absolute Gasteiger partial charge is 0.545 e. The van der Waals surface area contributed by atoms with Gasteiger partial charge in [0.05, 0.1) is 56.9 Å². The van der Waals surface area contributed by atoms with Gasteiger partial charge >= 0.3 is 29.8 Å². The van der Waals surface area contributed by atoms with E-state index in [-0.39, 0.29) is 240 Å². The van der Waals surface area contributed by atoms with Gasteiger partial charge in [-0.3, -0.25) is 24.7 Å². The normalized spacial score (nSPS) is 9.41. The van der Waals surface area contributed by atoms with Crippen LogP contribution in [0.3, 0.4) is 0 Å². The van der Waals surface area contributed by atoms with E-state index in [1.165, 1.54) is 74.9 Å². The van der Waals surface area contributed by atoms with E-state index in [1.54, 1.807) is 198 Å². The van der Waals surface area contributed by atoms with Gasteiger partial charge in [-0.05, 0) is 102 Å². The molecule has 0 atom stereocenters. The van der Waals surface area contributed by atoms with Crippen LogP contribution in [-0.4, -0.2) is 138 Å². The molecule has 0 heterocycles. The Hall–Kier alpha value is -8.98. The van der Waals surface area contributed by atoms with Crippen LogP contribution < -0.4 is 73.3 Å². The number of nitrogens with two attached hydrogens (primary N) is 6. The minimum absolute atomic E-state index is 0. The fourth-order valence-corrected chi connectivity index (χ4v) is 7.73. The summed E-state index contributed by atoms with van der Waals surface area (Å²) in [4.78, 5) is 100. The van der Waals surface area contributed by atoms with Gasteiger partial charge in [0.15, 0.2) is 17.3 Å². The number of carboxylic acid groups (broad SMARTS) is 2. The van der Waals surface area contributed by atoms with Crippen LogP contribution in [-0.2, 0) is 131 Å². The van der Waals surface area contributed by atoms with Crippen LogP contribution in [0.5, 0.6) is 46.0 Å². The first-order valence-electron chi connectivity index (χ1n) is 31.0. The van der Waals surface area contributed by atoms with Crippen molar-refractivity contribution in [2.45, 2.75) is 41.5 Å². The van der Waals surface area contributed by atoms with E-state index in [9.17, 15) is 63.9 Å². The van der Waals surface area contributed by atoms with Crippen molar-refractivity contribution in [1.29, 1.82) is 0 Å². The molecule has 0 spiro atoms. The summed E-state index contributed by atoms with van der Waals surface area (Å²) in [5.74, 6) is -4.12. The summed E-state index contributed by atoms with van der Waals surface area (Å²) in [5.41, 5.74) is 32.2. The van der Waals surface area contributed by atoms with Crippen molar-refractivity contribution in [2.75, 3.05) is 42.4 Å². The number of hydrogen-bond acceptors (Lipinski definition) is 18. The van der Waals surface area contributed by atoms with Gasteiger partial charge in [-0.25, -0.2) is 20.1 Å². The number of phenolic OH excluding ortho intramolecular Hbond substituents is 3. The number of aliphatic imine (C=N–C) groups is 1. The number of para-hydroxylation sites is 8. The number of nitrogens with zero attached hydrogens (tertiary/aromatic N) is 3. The van der Waals surface area contributed by atoms with Crippen LogP contribution in [0.2, 0.25) is 0 Å². The van der Waals surface area contributed by atoms with Gasteiger partial charge in [-0.2, -0.15) is 4.58 Å². The number of Topliss-reactive ketones (excluding diaryl/α,β-unsaturated/α-hetero) is 3. The third-order valence-electron chi connectivity index (χ3n) is 13.1. The maximum atomic E-state index is 12.8. The van der Waals surface area contributed by atoms with Crippen LogP contribution in [0.15, 0.2) is 199 Å². The second-order valence-corrected chi connectivity index (χ2v) is 22.4. The number of ether oxygens (including phenoxy) is 5. The molecule has 0 unspecified atom stereocenters. The molecule has 0 amide bonds. The molecule has 32 heteroatoms. The number of carboxylic acids is 2. The van der Waals surface area contributed by atoms with Crippen LogP contribution in [0.1, 0.15) is 124 Å². The Kier molecular flexibility index (Phi) is 51.3. The molecule has 0 aliphatic rings. The van der Waals surface area contributed by atoms with Gasteiger partial charge in [0.1, 0.15) is 76.8 Å². The second kappa shape index (κ2) is 53.7. The van der Waals surface area contributed by atoms with Crippen LogP contribution in [0.4, 0.5) is 0 Å². The molecule has 28 nitrogen and oxygen atoms in total. The van der Waals surface area contributed by atoms with Crippen molar-refractivity contribution in [3.63, 3.8) is 0 Å². The van der Waals surface area contributed by atoms with Gasteiger partial charge in [0.25, 0.3) is 11.9 Å². The Morgan fingerprint density at radius 2 is 0.607 bits per heavy atom. The molecular formula is C75H87N10O18Y4+. The fraction of sp³-hybridized carbons (Fsp3) is 0.200. The number of guanidine groups is 4. The maximum absolute atomic E-state index is 12.8. The summed E-state index contributed by atoms with van der Waals surface area (Å²) in [5, 5.41) is 49.6. The monoisotopic (exact) mass is 1770 g/mol. The third kappa shape index (κ3) is 36.4. The first-order valence-corrected chi connectivity index (χ1v) is 31.0. The van der Waals surface area contributed by atoms with Crippen LogP contribution in [0, 0.1) is 17.8 Å². The van der Waals surface area contributed by atoms with Gasteiger partial charge in [0.2, 0.25) is 0 Å². The van der Waals surface area contributed by atoms with Gasteiger partial charge in [-0.15, -0.1) is 4.99 Å². The zero-order valence-electron chi connectivity index (χ0n) is 61.3. The number of hydrogen-bond donors (Lipinski definition) is 10. The minimum atomic E-state index is -1.22. The summed E-state index contributed by atoms with van der Waals surface area (Å²) < 4.78 is 28.9. The van der Waals surface area contributed by atoms with E-state index in [1.807, 2.05) is 13.8 Å². The number of rotatable bonds is 16. The molecular weight excluding hydrogens is 1680 g/mol. The summed E-state index contributed by atoms with van der Waals surface area (Å²) in [6.07, 6.45) is 0. The van der Waals surface area contributed by atoms with E-state index in [4.69, 9.17) is 58.1 Å². The molecule has 556 valence electrons. The van der Waals surface area contributed by atoms with Crippen molar-refractivity contribution in [3.05, 3.63) is 239 Å². The van der Waals surface area contributed by atoms with Crippen LogP contribution >= 0.6 is 0 Å². The number of esters is 3. The number of carbonyl (C=O) groups excluding carboxylic acids is 8. The predicted molar refractivity (Wildman–Crippen MR) is 383 cm³/mol. The number of methoxy groups -OCH3 is 2. The molecule has 4 radical (unpaired) electrons. The molecule has 0 saturated heterocycles. The quantitative estimate of drug-likeness (QED) is 0.0161. The molecule has 0 fully saturated rings.